The third-order valence-electron chi connectivity index (χ3n) is 2.94. The summed E-state index contributed by atoms with van der Waals surface area (Å²) in [6.07, 6.45) is 0. The van der Waals surface area contributed by atoms with Gasteiger partial charge in [0, 0.05) is 6.07 Å². The van der Waals surface area contributed by atoms with E-state index in [2.05, 4.69) is 4.98 Å². The predicted molar refractivity (Wildman–Crippen MR) is 72.3 cm³/mol. The molecular formula is C14H7FN2O4. The molecule has 1 heterocycles. The van der Waals surface area contributed by atoms with Crippen LogP contribution >= 0.6 is 0 Å². The van der Waals surface area contributed by atoms with Crippen LogP contribution in [0.3, 0.4) is 0 Å². The third-order valence-corrected chi connectivity index (χ3v) is 2.94. The first-order valence-corrected chi connectivity index (χ1v) is 5.91. The van der Waals surface area contributed by atoms with E-state index in [1.54, 1.807) is 6.07 Å². The van der Waals surface area contributed by atoms with Crippen LogP contribution in [0.25, 0.3) is 22.4 Å². The van der Waals surface area contributed by atoms with Crippen molar-refractivity contribution < 1.29 is 13.7 Å². The van der Waals surface area contributed by atoms with E-state index in [0.717, 1.165) is 0 Å². The minimum Gasteiger partial charge on any atom is -0.403 e. The number of halogens is 1. The van der Waals surface area contributed by atoms with E-state index in [-0.39, 0.29) is 22.4 Å². The van der Waals surface area contributed by atoms with Crippen LogP contribution in [0, 0.1) is 15.9 Å². The Balaban J connectivity index is 2.34. The lowest BCUT2D eigenvalue weighted by molar-refractivity contribution is -0.383. The van der Waals surface area contributed by atoms with Gasteiger partial charge in [-0.3, -0.25) is 10.1 Å². The molecule has 0 N–H and O–H groups in total. The highest BCUT2D eigenvalue weighted by molar-refractivity contribution is 5.87. The molecule has 21 heavy (non-hydrogen) atoms. The topological polar surface area (TPSA) is 86.2 Å². The smallest absolute Gasteiger partial charge is 0.354 e. The van der Waals surface area contributed by atoms with E-state index >= 15 is 0 Å². The average molecular weight is 286 g/mol. The number of non-ortho nitro benzene ring substituents is 1. The Kier molecular flexibility index (Phi) is 2.94. The second-order valence-corrected chi connectivity index (χ2v) is 4.21. The van der Waals surface area contributed by atoms with Crippen molar-refractivity contribution >= 4 is 16.6 Å². The molecular weight excluding hydrogens is 279 g/mol. The number of nitro groups is 1. The van der Waals surface area contributed by atoms with Crippen molar-refractivity contribution in [2.24, 2.45) is 0 Å². The van der Waals surface area contributed by atoms with E-state index in [0.29, 0.717) is 0 Å². The number of hydrogen-bond acceptors (Lipinski definition) is 5. The molecule has 0 atom stereocenters. The average Bonchev–Trinajstić information content (AvgIpc) is 2.46. The maximum Gasteiger partial charge on any atom is 0.354 e. The van der Waals surface area contributed by atoms with Crippen LogP contribution in [0.2, 0.25) is 0 Å². The highest BCUT2D eigenvalue weighted by Crippen LogP contribution is 2.25. The van der Waals surface area contributed by atoms with Gasteiger partial charge in [-0.25, -0.2) is 14.2 Å². The molecule has 0 amide bonds. The molecule has 104 valence electrons. The van der Waals surface area contributed by atoms with Crippen LogP contribution in [0.5, 0.6) is 0 Å². The van der Waals surface area contributed by atoms with Crippen LogP contribution < -0.4 is 5.63 Å². The van der Waals surface area contributed by atoms with Crippen LogP contribution in [-0.4, -0.2) is 9.91 Å². The lowest BCUT2D eigenvalue weighted by atomic mass is 10.2. The fourth-order valence-electron chi connectivity index (χ4n) is 2.00. The SMILES string of the molecule is O=c1oc(-c2ccccc2F)nc2cccc([N+](=O)[O-])c12. The zero-order chi connectivity index (χ0) is 15.0. The van der Waals surface area contributed by atoms with Crippen molar-refractivity contribution in [3.8, 4) is 11.5 Å². The van der Waals surface area contributed by atoms with Crippen molar-refractivity contribution in [3.63, 3.8) is 0 Å². The van der Waals surface area contributed by atoms with Gasteiger partial charge in [0.25, 0.3) is 5.69 Å². The minimum absolute atomic E-state index is 0.0167. The molecule has 7 heteroatoms. The number of rotatable bonds is 2. The Hall–Kier alpha value is -3.09. The second-order valence-electron chi connectivity index (χ2n) is 4.21. The Morgan fingerprint density at radius 2 is 1.90 bits per heavy atom. The van der Waals surface area contributed by atoms with Gasteiger partial charge in [0.2, 0.25) is 5.89 Å². The summed E-state index contributed by atoms with van der Waals surface area (Å²) in [6, 6.07) is 9.68. The van der Waals surface area contributed by atoms with E-state index < -0.39 is 22.1 Å². The zero-order valence-electron chi connectivity index (χ0n) is 10.4. The fraction of sp³-hybridized carbons (Fsp3) is 0. The summed E-state index contributed by atoms with van der Waals surface area (Å²) < 4.78 is 18.6. The molecule has 0 radical (unpaired) electrons. The highest BCUT2D eigenvalue weighted by Gasteiger charge is 2.19. The van der Waals surface area contributed by atoms with Crippen LogP contribution in [0.1, 0.15) is 0 Å². The van der Waals surface area contributed by atoms with Crippen molar-refractivity contribution in [2.75, 3.05) is 0 Å². The lowest BCUT2D eigenvalue weighted by Crippen LogP contribution is -2.06. The van der Waals surface area contributed by atoms with Crippen LogP contribution in [-0.2, 0) is 0 Å². The van der Waals surface area contributed by atoms with Gasteiger partial charge in [-0.05, 0) is 18.2 Å². The van der Waals surface area contributed by atoms with Crippen molar-refractivity contribution in [2.45, 2.75) is 0 Å². The molecule has 0 aliphatic heterocycles. The molecule has 3 rings (SSSR count). The molecule has 0 bridgehead atoms. The number of nitro benzene ring substituents is 1. The van der Waals surface area contributed by atoms with Crippen molar-refractivity contribution in [3.05, 3.63) is 68.8 Å². The highest BCUT2D eigenvalue weighted by atomic mass is 19.1. The minimum atomic E-state index is -0.925. The molecule has 3 aromatic rings. The van der Waals surface area contributed by atoms with Gasteiger partial charge in [-0.1, -0.05) is 18.2 Å². The number of fused-ring (bicyclic) bond motifs is 1. The van der Waals surface area contributed by atoms with E-state index in [9.17, 15) is 19.3 Å². The summed E-state index contributed by atoms with van der Waals surface area (Å²) in [7, 11) is 0. The lowest BCUT2D eigenvalue weighted by Gasteiger charge is -2.03. The molecule has 0 saturated heterocycles. The molecule has 0 saturated carbocycles. The van der Waals surface area contributed by atoms with Gasteiger partial charge >= 0.3 is 5.63 Å². The maximum absolute atomic E-state index is 13.7. The molecule has 0 unspecified atom stereocenters. The summed E-state index contributed by atoms with van der Waals surface area (Å²) in [6.45, 7) is 0. The van der Waals surface area contributed by atoms with Crippen molar-refractivity contribution in [1.82, 2.24) is 4.98 Å². The van der Waals surface area contributed by atoms with E-state index in [1.807, 2.05) is 0 Å². The Bertz CT molecular complexity index is 920. The zero-order valence-corrected chi connectivity index (χ0v) is 10.4. The molecule has 0 aliphatic rings. The van der Waals surface area contributed by atoms with Gasteiger partial charge < -0.3 is 4.42 Å². The molecule has 6 nitrogen and oxygen atoms in total. The molecule has 0 spiro atoms. The largest absolute Gasteiger partial charge is 0.403 e. The number of benzene rings is 2. The first-order chi connectivity index (χ1) is 10.1. The monoisotopic (exact) mass is 286 g/mol. The first-order valence-electron chi connectivity index (χ1n) is 5.91. The number of hydrogen-bond donors (Lipinski definition) is 0. The van der Waals surface area contributed by atoms with Gasteiger partial charge in [-0.2, -0.15) is 0 Å². The van der Waals surface area contributed by atoms with Gasteiger partial charge in [0.1, 0.15) is 5.82 Å². The first kappa shape index (κ1) is 12.9. The van der Waals surface area contributed by atoms with Gasteiger partial charge in [0.15, 0.2) is 5.39 Å². The maximum atomic E-state index is 13.7. The number of nitrogens with zero attached hydrogens (tertiary/aromatic N) is 2. The normalized spacial score (nSPS) is 10.7. The molecule has 2 aromatic carbocycles. The van der Waals surface area contributed by atoms with Gasteiger partial charge in [-0.15, -0.1) is 0 Å². The molecule has 1 aromatic heterocycles. The van der Waals surface area contributed by atoms with Gasteiger partial charge in [0.05, 0.1) is 16.0 Å². The van der Waals surface area contributed by atoms with E-state index in [4.69, 9.17) is 4.42 Å². The second kappa shape index (κ2) is 4.78. The fourth-order valence-corrected chi connectivity index (χ4v) is 2.00. The molecule has 0 fully saturated rings. The predicted octanol–water partition coefficient (Wildman–Crippen LogP) is 2.90. The quantitative estimate of drug-likeness (QED) is 0.534. The summed E-state index contributed by atoms with van der Waals surface area (Å²) in [5.41, 5.74) is -1.22. The summed E-state index contributed by atoms with van der Waals surface area (Å²) in [5, 5.41) is 10.7. The summed E-state index contributed by atoms with van der Waals surface area (Å²) >= 11 is 0. The Morgan fingerprint density at radius 1 is 1.14 bits per heavy atom. The van der Waals surface area contributed by atoms with E-state index in [1.165, 1.54) is 36.4 Å². The third kappa shape index (κ3) is 2.14. The Morgan fingerprint density at radius 3 is 2.62 bits per heavy atom. The van der Waals surface area contributed by atoms with Crippen molar-refractivity contribution in [1.29, 1.82) is 0 Å². The Labute approximate surface area is 116 Å². The van der Waals surface area contributed by atoms with Crippen LogP contribution in [0.15, 0.2) is 51.7 Å². The summed E-state index contributed by atoms with van der Waals surface area (Å²) in [4.78, 5) is 26.2. The molecule has 0 aliphatic carbocycles. The standard InChI is InChI=1S/C14H7FN2O4/c15-9-5-2-1-4-8(9)13-16-10-6-3-7-11(17(19)20)12(10)14(18)21-13/h1-7H. The van der Waals surface area contributed by atoms with Crippen LogP contribution in [0.4, 0.5) is 10.1 Å². The number of aromatic nitrogens is 1. The summed E-state index contributed by atoms with van der Waals surface area (Å²) in [5.74, 6) is -0.816.